The largest absolute Gasteiger partial charge is 0.502 e. The third-order valence-electron chi connectivity index (χ3n) is 2.07. The number of aliphatic carboxylic acids is 1. The van der Waals surface area contributed by atoms with E-state index < -0.39 is 17.1 Å². The van der Waals surface area contributed by atoms with Crippen molar-refractivity contribution < 1.29 is 19.4 Å². The number of nitrogens with zero attached hydrogens (tertiary/aromatic N) is 1. The minimum atomic E-state index is -0.925. The highest BCUT2D eigenvalue weighted by molar-refractivity contribution is 8.00. The molecule has 0 amide bonds. The van der Waals surface area contributed by atoms with Crippen LogP contribution < -0.4 is 5.43 Å². The summed E-state index contributed by atoms with van der Waals surface area (Å²) in [4.78, 5) is 25.8. The lowest BCUT2D eigenvalue weighted by atomic mass is 10.3. The van der Waals surface area contributed by atoms with Crippen LogP contribution in [0.25, 0.3) is 0 Å². The van der Waals surface area contributed by atoms with Gasteiger partial charge >= 0.3 is 5.97 Å². The van der Waals surface area contributed by atoms with Crippen molar-refractivity contribution in [2.45, 2.75) is 16.5 Å². The van der Waals surface area contributed by atoms with Gasteiger partial charge in [-0.05, 0) is 0 Å². The Bertz CT molecular complexity index is 649. The lowest BCUT2D eigenvalue weighted by Crippen LogP contribution is -2.00. The first kappa shape index (κ1) is 13.6. The quantitative estimate of drug-likeness (QED) is 0.811. The average molecular weight is 299 g/mol. The Morgan fingerprint density at radius 2 is 2.32 bits per heavy atom. The van der Waals surface area contributed by atoms with E-state index in [0.29, 0.717) is 21.5 Å². The van der Waals surface area contributed by atoms with E-state index in [9.17, 15) is 9.59 Å². The van der Waals surface area contributed by atoms with Crippen molar-refractivity contribution in [3.05, 3.63) is 39.4 Å². The van der Waals surface area contributed by atoms with E-state index in [1.807, 2.05) is 0 Å². The number of thioether (sulfide) groups is 1. The molecule has 2 aromatic heterocycles. The van der Waals surface area contributed by atoms with E-state index >= 15 is 0 Å². The van der Waals surface area contributed by atoms with Crippen molar-refractivity contribution in [1.82, 2.24) is 4.98 Å². The molecule has 2 N–H and O–H groups in total. The molecule has 0 aliphatic heterocycles. The molecular formula is C11H9NO5S2. The first-order valence-corrected chi connectivity index (χ1v) is 7.01. The van der Waals surface area contributed by atoms with Gasteiger partial charge in [0, 0.05) is 11.4 Å². The molecule has 8 heteroatoms. The Labute approximate surface area is 115 Å². The number of carboxylic acid groups (broad SMARTS) is 1. The molecule has 0 spiro atoms. The van der Waals surface area contributed by atoms with E-state index in [1.165, 1.54) is 29.2 Å². The molecule has 0 saturated heterocycles. The Kier molecular flexibility index (Phi) is 4.23. The SMILES string of the molecule is O=C(O)Cc1csc(SCc2cc(=O)c(O)co2)n1. The molecule has 0 fully saturated rings. The summed E-state index contributed by atoms with van der Waals surface area (Å²) in [7, 11) is 0. The number of aromatic hydroxyl groups is 1. The Morgan fingerprint density at radius 1 is 1.53 bits per heavy atom. The van der Waals surface area contributed by atoms with Gasteiger partial charge in [0.05, 0.1) is 17.9 Å². The second-order valence-corrected chi connectivity index (χ2v) is 5.64. The minimum absolute atomic E-state index is 0.106. The predicted molar refractivity (Wildman–Crippen MR) is 69.7 cm³/mol. The maximum absolute atomic E-state index is 11.2. The number of carboxylic acids is 1. The van der Waals surface area contributed by atoms with Crippen LogP contribution in [0.3, 0.4) is 0 Å². The summed E-state index contributed by atoms with van der Waals surface area (Å²) in [5.74, 6) is -0.545. The molecule has 0 radical (unpaired) electrons. The molecule has 2 heterocycles. The highest BCUT2D eigenvalue weighted by atomic mass is 32.2. The van der Waals surface area contributed by atoms with Crippen LogP contribution in [0.1, 0.15) is 11.5 Å². The summed E-state index contributed by atoms with van der Waals surface area (Å²) < 4.78 is 5.74. The fourth-order valence-corrected chi connectivity index (χ4v) is 2.98. The number of thiazole rings is 1. The maximum Gasteiger partial charge on any atom is 0.309 e. The average Bonchev–Trinajstić information content (AvgIpc) is 2.77. The molecule has 0 saturated carbocycles. The standard InChI is InChI=1S/C11H9NO5S2/c13-8-2-7(17-3-9(8)14)5-19-11-12-6(4-18-11)1-10(15)16/h2-4,14H,1,5H2,(H,15,16). The Morgan fingerprint density at radius 3 is 3.00 bits per heavy atom. The van der Waals surface area contributed by atoms with Crippen molar-refractivity contribution in [1.29, 1.82) is 0 Å². The predicted octanol–water partition coefficient (Wildman–Crippen LogP) is 1.72. The van der Waals surface area contributed by atoms with Crippen molar-refractivity contribution >= 4 is 29.1 Å². The first-order valence-electron chi connectivity index (χ1n) is 5.14. The highest BCUT2D eigenvalue weighted by Crippen LogP contribution is 2.26. The van der Waals surface area contributed by atoms with Gasteiger partial charge in [-0.25, -0.2) is 4.98 Å². The van der Waals surface area contributed by atoms with Gasteiger partial charge in [-0.15, -0.1) is 11.3 Å². The number of hydrogen-bond acceptors (Lipinski definition) is 7. The monoisotopic (exact) mass is 299 g/mol. The van der Waals surface area contributed by atoms with Gasteiger partial charge < -0.3 is 14.6 Å². The van der Waals surface area contributed by atoms with Crippen molar-refractivity contribution in [2.75, 3.05) is 0 Å². The first-order chi connectivity index (χ1) is 9.04. The van der Waals surface area contributed by atoms with Crippen LogP contribution in [0, 0.1) is 0 Å². The zero-order valence-corrected chi connectivity index (χ0v) is 11.2. The number of hydrogen-bond donors (Lipinski definition) is 2. The van der Waals surface area contributed by atoms with Gasteiger partial charge in [0.25, 0.3) is 0 Å². The second kappa shape index (κ2) is 5.89. The fourth-order valence-electron chi connectivity index (χ4n) is 1.24. The van der Waals surface area contributed by atoms with Crippen molar-refractivity contribution in [3.8, 4) is 5.75 Å². The van der Waals surface area contributed by atoms with E-state index in [4.69, 9.17) is 14.6 Å². The third-order valence-corrected chi connectivity index (χ3v) is 4.16. The van der Waals surface area contributed by atoms with Crippen LogP contribution in [-0.4, -0.2) is 21.2 Å². The third kappa shape index (κ3) is 3.83. The van der Waals surface area contributed by atoms with Crippen LogP contribution in [0.15, 0.2) is 31.3 Å². The molecule has 2 rings (SSSR count). The van der Waals surface area contributed by atoms with Gasteiger partial charge in [0.2, 0.25) is 5.43 Å². The van der Waals surface area contributed by atoms with Gasteiger partial charge in [0.1, 0.15) is 12.0 Å². The van der Waals surface area contributed by atoms with Gasteiger partial charge in [-0.3, -0.25) is 9.59 Å². The zero-order chi connectivity index (χ0) is 13.8. The van der Waals surface area contributed by atoms with Crippen LogP contribution >= 0.6 is 23.1 Å². The fraction of sp³-hybridized carbons (Fsp3) is 0.182. The summed E-state index contributed by atoms with van der Waals surface area (Å²) in [6.07, 6.45) is 0.890. The Hall–Kier alpha value is -1.80. The maximum atomic E-state index is 11.2. The highest BCUT2D eigenvalue weighted by Gasteiger charge is 2.08. The second-order valence-electron chi connectivity index (χ2n) is 3.56. The van der Waals surface area contributed by atoms with E-state index in [1.54, 1.807) is 5.38 Å². The molecule has 0 aliphatic carbocycles. The number of aromatic nitrogens is 1. The summed E-state index contributed by atoms with van der Waals surface area (Å²) in [6, 6.07) is 1.22. The molecule has 19 heavy (non-hydrogen) atoms. The Balaban J connectivity index is 1.98. The molecule has 0 atom stereocenters. The van der Waals surface area contributed by atoms with Gasteiger partial charge in [-0.2, -0.15) is 0 Å². The molecule has 100 valence electrons. The normalized spacial score (nSPS) is 10.5. The molecule has 6 nitrogen and oxygen atoms in total. The number of carbonyl (C=O) groups is 1. The van der Waals surface area contributed by atoms with Crippen LogP contribution in [0.5, 0.6) is 5.75 Å². The zero-order valence-electron chi connectivity index (χ0n) is 9.53. The molecular weight excluding hydrogens is 290 g/mol. The molecule has 0 bridgehead atoms. The van der Waals surface area contributed by atoms with E-state index in [-0.39, 0.29) is 6.42 Å². The molecule has 0 aliphatic rings. The van der Waals surface area contributed by atoms with Crippen LogP contribution in [0.2, 0.25) is 0 Å². The van der Waals surface area contributed by atoms with Crippen LogP contribution in [-0.2, 0) is 17.0 Å². The lowest BCUT2D eigenvalue weighted by Gasteiger charge is -1.97. The topological polar surface area (TPSA) is 101 Å². The minimum Gasteiger partial charge on any atom is -0.502 e. The van der Waals surface area contributed by atoms with Gasteiger partial charge in [0.15, 0.2) is 10.1 Å². The molecule has 2 aromatic rings. The van der Waals surface area contributed by atoms with Crippen molar-refractivity contribution in [3.63, 3.8) is 0 Å². The molecule has 0 unspecified atom stereocenters. The summed E-state index contributed by atoms with van der Waals surface area (Å²) in [5, 5.41) is 19.3. The molecule has 0 aromatic carbocycles. The summed E-state index contributed by atoms with van der Waals surface area (Å²) >= 11 is 2.67. The smallest absolute Gasteiger partial charge is 0.309 e. The van der Waals surface area contributed by atoms with Gasteiger partial charge in [-0.1, -0.05) is 11.8 Å². The van der Waals surface area contributed by atoms with Crippen LogP contribution in [0.4, 0.5) is 0 Å². The summed E-state index contributed by atoms with van der Waals surface area (Å²) in [5.41, 5.74) is 0.0136. The lowest BCUT2D eigenvalue weighted by molar-refractivity contribution is -0.136. The number of rotatable bonds is 5. The van der Waals surface area contributed by atoms with E-state index in [2.05, 4.69) is 4.98 Å². The van der Waals surface area contributed by atoms with E-state index in [0.717, 1.165) is 6.26 Å². The summed E-state index contributed by atoms with van der Waals surface area (Å²) in [6.45, 7) is 0. The van der Waals surface area contributed by atoms with Crippen molar-refractivity contribution in [2.24, 2.45) is 0 Å².